The van der Waals surface area contributed by atoms with E-state index in [-0.39, 0.29) is 18.1 Å². The molecule has 0 saturated carbocycles. The Kier molecular flexibility index (Phi) is 3.66. The van der Waals surface area contributed by atoms with Crippen LogP contribution in [-0.2, 0) is 0 Å². The number of hydrogen-bond donors (Lipinski definition) is 1. The lowest BCUT2D eigenvalue weighted by molar-refractivity contribution is -0.141. The van der Waals surface area contributed by atoms with Crippen molar-refractivity contribution in [3.63, 3.8) is 0 Å². The second kappa shape index (κ2) is 4.29. The summed E-state index contributed by atoms with van der Waals surface area (Å²) in [5, 5.41) is 3.28. The average molecular weight is 224 g/mol. The Morgan fingerprint density at radius 3 is 2.53 bits per heavy atom. The Labute approximate surface area is 88.8 Å². The highest BCUT2D eigenvalue weighted by Gasteiger charge is 2.35. The number of rotatable bonds is 2. The summed E-state index contributed by atoms with van der Waals surface area (Å²) in [5.41, 5.74) is -0.183. The number of nitrogens with one attached hydrogen (secondary N) is 1. The van der Waals surface area contributed by atoms with Crippen LogP contribution in [0.1, 0.15) is 27.2 Å². The van der Waals surface area contributed by atoms with Crippen molar-refractivity contribution in [2.45, 2.75) is 44.9 Å². The van der Waals surface area contributed by atoms with Gasteiger partial charge in [-0.05, 0) is 20.8 Å². The molecule has 0 radical (unpaired) electrons. The molecule has 1 heterocycles. The van der Waals surface area contributed by atoms with Crippen LogP contribution in [0, 0.1) is 0 Å². The van der Waals surface area contributed by atoms with Gasteiger partial charge < -0.3 is 5.32 Å². The first-order valence-corrected chi connectivity index (χ1v) is 5.26. The molecule has 2 nitrogen and oxygen atoms in total. The summed E-state index contributed by atoms with van der Waals surface area (Å²) in [6, 6.07) is 0.270. The first kappa shape index (κ1) is 12.8. The molecule has 0 aromatic heterocycles. The van der Waals surface area contributed by atoms with Gasteiger partial charge in [-0.15, -0.1) is 0 Å². The first-order valence-electron chi connectivity index (χ1n) is 5.26. The third-order valence-electron chi connectivity index (χ3n) is 2.90. The molecule has 0 aliphatic carbocycles. The molecule has 1 rings (SSSR count). The Hall–Kier alpha value is -0.290. The summed E-state index contributed by atoms with van der Waals surface area (Å²) < 4.78 is 36.4. The Balaban J connectivity index is 2.50. The van der Waals surface area contributed by atoms with Crippen LogP contribution in [0.25, 0.3) is 0 Å². The number of nitrogens with zero attached hydrogens (tertiary/aromatic N) is 1. The molecular weight excluding hydrogens is 205 g/mol. The predicted molar refractivity (Wildman–Crippen MR) is 53.8 cm³/mol. The molecule has 5 heteroatoms. The molecule has 15 heavy (non-hydrogen) atoms. The minimum Gasteiger partial charge on any atom is -0.311 e. The summed E-state index contributed by atoms with van der Waals surface area (Å²) in [7, 11) is 0. The standard InChI is InChI=1S/C10H19F3N2/c1-8-6-15(5-4-10(11,12)13)9(2,3)7-14-8/h8,14H,4-7H2,1-3H3. The second-order valence-corrected chi connectivity index (χ2v) is 4.91. The topological polar surface area (TPSA) is 15.3 Å². The van der Waals surface area contributed by atoms with Gasteiger partial charge in [-0.1, -0.05) is 0 Å². The number of halogens is 3. The molecule has 1 unspecified atom stereocenters. The van der Waals surface area contributed by atoms with Gasteiger partial charge in [0.15, 0.2) is 0 Å². The van der Waals surface area contributed by atoms with Gasteiger partial charge in [-0.25, -0.2) is 0 Å². The minimum absolute atomic E-state index is 0.0997. The highest BCUT2D eigenvalue weighted by Crippen LogP contribution is 2.24. The molecule has 1 fully saturated rings. The maximum absolute atomic E-state index is 12.1. The second-order valence-electron chi connectivity index (χ2n) is 4.91. The predicted octanol–water partition coefficient (Wildman–Crippen LogP) is 2.01. The number of hydrogen-bond acceptors (Lipinski definition) is 2. The third-order valence-corrected chi connectivity index (χ3v) is 2.90. The Morgan fingerprint density at radius 2 is 2.00 bits per heavy atom. The molecule has 1 aliphatic rings. The summed E-state index contributed by atoms with van der Waals surface area (Å²) in [6.07, 6.45) is -4.77. The van der Waals surface area contributed by atoms with Crippen LogP contribution in [0.2, 0.25) is 0 Å². The van der Waals surface area contributed by atoms with E-state index < -0.39 is 12.6 Å². The van der Waals surface area contributed by atoms with Crippen LogP contribution in [-0.4, -0.2) is 42.3 Å². The van der Waals surface area contributed by atoms with E-state index in [1.165, 1.54) is 0 Å². The van der Waals surface area contributed by atoms with E-state index in [9.17, 15) is 13.2 Å². The third kappa shape index (κ3) is 3.99. The van der Waals surface area contributed by atoms with Gasteiger partial charge in [0, 0.05) is 31.2 Å². The van der Waals surface area contributed by atoms with Crippen molar-refractivity contribution in [1.29, 1.82) is 0 Å². The zero-order valence-corrected chi connectivity index (χ0v) is 9.49. The van der Waals surface area contributed by atoms with Crippen molar-refractivity contribution in [2.75, 3.05) is 19.6 Å². The fourth-order valence-electron chi connectivity index (χ4n) is 1.83. The molecule has 0 aromatic rings. The van der Waals surface area contributed by atoms with Gasteiger partial charge in [0.25, 0.3) is 0 Å². The lowest BCUT2D eigenvalue weighted by atomic mass is 9.97. The monoisotopic (exact) mass is 224 g/mol. The average Bonchev–Trinajstić information content (AvgIpc) is 2.05. The molecule has 1 saturated heterocycles. The SMILES string of the molecule is CC1CN(CCC(F)(F)F)C(C)(C)CN1. The molecule has 1 atom stereocenters. The quantitative estimate of drug-likeness (QED) is 0.772. The van der Waals surface area contributed by atoms with Gasteiger partial charge >= 0.3 is 6.18 Å². The fraction of sp³-hybridized carbons (Fsp3) is 1.00. The van der Waals surface area contributed by atoms with E-state index in [1.54, 1.807) is 0 Å². The van der Waals surface area contributed by atoms with Gasteiger partial charge in [0.1, 0.15) is 0 Å². The zero-order valence-electron chi connectivity index (χ0n) is 9.49. The summed E-state index contributed by atoms with van der Waals surface area (Å²) in [6.45, 7) is 7.47. The first-order chi connectivity index (χ1) is 6.71. The lowest BCUT2D eigenvalue weighted by Gasteiger charge is -2.45. The lowest BCUT2D eigenvalue weighted by Crippen LogP contribution is -2.61. The molecule has 0 spiro atoms. The molecule has 0 bridgehead atoms. The fourth-order valence-corrected chi connectivity index (χ4v) is 1.83. The number of alkyl halides is 3. The van der Waals surface area contributed by atoms with E-state index >= 15 is 0 Å². The van der Waals surface area contributed by atoms with E-state index in [4.69, 9.17) is 0 Å². The van der Waals surface area contributed by atoms with Gasteiger partial charge in [-0.3, -0.25) is 4.90 Å². The highest BCUT2D eigenvalue weighted by molar-refractivity contribution is 4.91. The van der Waals surface area contributed by atoms with Crippen LogP contribution >= 0.6 is 0 Å². The molecule has 90 valence electrons. The van der Waals surface area contributed by atoms with Gasteiger partial charge in [0.2, 0.25) is 0 Å². The molecule has 1 N–H and O–H groups in total. The van der Waals surface area contributed by atoms with Crippen LogP contribution in [0.4, 0.5) is 13.2 Å². The van der Waals surface area contributed by atoms with Crippen molar-refractivity contribution in [3.8, 4) is 0 Å². The van der Waals surface area contributed by atoms with Crippen LogP contribution in [0.15, 0.2) is 0 Å². The Bertz CT molecular complexity index is 213. The molecule has 0 amide bonds. The molecule has 1 aliphatic heterocycles. The smallest absolute Gasteiger partial charge is 0.311 e. The van der Waals surface area contributed by atoms with Crippen LogP contribution in [0.5, 0.6) is 0 Å². The summed E-state index contributed by atoms with van der Waals surface area (Å²) in [5.74, 6) is 0. The molecular formula is C10H19F3N2. The van der Waals surface area contributed by atoms with Crippen molar-refractivity contribution in [2.24, 2.45) is 0 Å². The minimum atomic E-state index is -4.05. The number of piperazine rings is 1. The van der Waals surface area contributed by atoms with E-state index in [0.29, 0.717) is 6.54 Å². The highest BCUT2D eigenvalue weighted by atomic mass is 19.4. The van der Waals surface area contributed by atoms with Crippen molar-refractivity contribution < 1.29 is 13.2 Å². The van der Waals surface area contributed by atoms with Crippen LogP contribution in [0.3, 0.4) is 0 Å². The maximum atomic E-state index is 12.1. The van der Waals surface area contributed by atoms with E-state index in [0.717, 1.165) is 6.54 Å². The van der Waals surface area contributed by atoms with E-state index in [2.05, 4.69) is 5.32 Å². The maximum Gasteiger partial charge on any atom is 0.390 e. The van der Waals surface area contributed by atoms with Crippen molar-refractivity contribution >= 4 is 0 Å². The van der Waals surface area contributed by atoms with E-state index in [1.807, 2.05) is 25.7 Å². The zero-order chi connectivity index (χ0) is 11.7. The van der Waals surface area contributed by atoms with Gasteiger partial charge in [0.05, 0.1) is 6.42 Å². The Morgan fingerprint density at radius 1 is 1.40 bits per heavy atom. The molecule has 0 aromatic carbocycles. The van der Waals surface area contributed by atoms with Crippen molar-refractivity contribution in [3.05, 3.63) is 0 Å². The van der Waals surface area contributed by atoms with Crippen molar-refractivity contribution in [1.82, 2.24) is 10.2 Å². The normalized spacial score (nSPS) is 28.0. The largest absolute Gasteiger partial charge is 0.390 e. The summed E-state index contributed by atoms with van der Waals surface area (Å²) in [4.78, 5) is 1.92. The summed E-state index contributed by atoms with van der Waals surface area (Å²) >= 11 is 0. The van der Waals surface area contributed by atoms with Crippen LogP contribution < -0.4 is 5.32 Å². The van der Waals surface area contributed by atoms with Gasteiger partial charge in [-0.2, -0.15) is 13.2 Å².